The van der Waals surface area contributed by atoms with Crippen molar-refractivity contribution in [3.63, 3.8) is 0 Å². The van der Waals surface area contributed by atoms with E-state index in [0.29, 0.717) is 5.92 Å². The second-order valence-electron chi connectivity index (χ2n) is 9.31. The Labute approximate surface area is 172 Å². The lowest BCUT2D eigenvalue weighted by atomic mass is 9.94. The molecule has 4 atom stereocenters. The van der Waals surface area contributed by atoms with Crippen LogP contribution in [-0.4, -0.2) is 47.0 Å². The topological polar surface area (TPSA) is 54.0 Å². The van der Waals surface area contributed by atoms with E-state index in [1.165, 1.54) is 13.2 Å². The summed E-state index contributed by atoms with van der Waals surface area (Å²) in [6, 6.07) is 0. The number of allylic oxidation sites excluding steroid dienone is 2. The molecule has 1 aliphatic rings. The quantitative estimate of drug-likeness (QED) is 0.236. The predicted molar refractivity (Wildman–Crippen MR) is 116 cm³/mol. The van der Waals surface area contributed by atoms with Gasteiger partial charge >= 0.3 is 5.97 Å². The maximum atomic E-state index is 11.2. The lowest BCUT2D eigenvalue weighted by Crippen LogP contribution is -2.49. The molecule has 1 rings (SSSR count). The van der Waals surface area contributed by atoms with Crippen molar-refractivity contribution in [2.24, 2.45) is 5.92 Å². The van der Waals surface area contributed by atoms with Crippen LogP contribution in [0.1, 0.15) is 53.9 Å². The van der Waals surface area contributed by atoms with Gasteiger partial charge in [-0.15, -0.1) is 0 Å². The van der Waals surface area contributed by atoms with Crippen LogP contribution < -0.4 is 0 Å². The standard InChI is InChI=1S/C22H40O5Si/c1-16(11-10-12-20(23)25-7)19(24-6)15-18-14-13-17(2)21(26-18)27-28(8,9)22(3,4)5/h10-12,17-19,21H,13-15H2,1-9H3/t17-,18+,19+,21+/m1/s1. The monoisotopic (exact) mass is 412 g/mol. The van der Waals surface area contributed by atoms with Gasteiger partial charge in [0.2, 0.25) is 0 Å². The van der Waals surface area contributed by atoms with Gasteiger partial charge in [0.25, 0.3) is 0 Å². The average molecular weight is 413 g/mol. The first-order valence-electron chi connectivity index (χ1n) is 10.2. The summed E-state index contributed by atoms with van der Waals surface area (Å²) < 4.78 is 23.2. The largest absolute Gasteiger partial charge is 0.466 e. The minimum absolute atomic E-state index is 0.0609. The molecule has 6 heteroatoms. The van der Waals surface area contributed by atoms with Gasteiger partial charge in [0.15, 0.2) is 14.6 Å². The molecule has 1 heterocycles. The molecule has 0 bridgehead atoms. The Kier molecular flexibility index (Phi) is 9.60. The first kappa shape index (κ1) is 25.1. The molecule has 5 nitrogen and oxygen atoms in total. The van der Waals surface area contributed by atoms with Crippen molar-refractivity contribution in [1.82, 2.24) is 0 Å². The molecule has 0 N–H and O–H groups in total. The van der Waals surface area contributed by atoms with Crippen molar-refractivity contribution in [3.05, 3.63) is 23.8 Å². The van der Waals surface area contributed by atoms with Crippen LogP contribution >= 0.6 is 0 Å². The van der Waals surface area contributed by atoms with Crippen molar-refractivity contribution >= 4 is 14.3 Å². The molecule has 0 spiro atoms. The van der Waals surface area contributed by atoms with Crippen LogP contribution in [0.25, 0.3) is 0 Å². The Hall–Kier alpha value is -0.953. The molecule has 162 valence electrons. The fraction of sp³-hybridized carbons (Fsp3) is 0.773. The van der Waals surface area contributed by atoms with Gasteiger partial charge in [-0.2, -0.15) is 0 Å². The van der Waals surface area contributed by atoms with Gasteiger partial charge in [0.1, 0.15) is 0 Å². The lowest BCUT2D eigenvalue weighted by Gasteiger charge is -2.44. The second-order valence-corrected chi connectivity index (χ2v) is 14.1. The van der Waals surface area contributed by atoms with Crippen LogP contribution in [-0.2, 0) is 23.4 Å². The Morgan fingerprint density at radius 1 is 1.25 bits per heavy atom. The number of carbonyl (C=O) groups is 1. The number of carbonyl (C=O) groups excluding carboxylic acids is 1. The van der Waals surface area contributed by atoms with Crippen LogP contribution in [0.3, 0.4) is 0 Å². The molecular formula is C22H40O5Si. The van der Waals surface area contributed by atoms with Crippen molar-refractivity contribution in [2.45, 2.75) is 90.5 Å². The maximum absolute atomic E-state index is 11.2. The van der Waals surface area contributed by atoms with Gasteiger partial charge in [-0.3, -0.25) is 0 Å². The number of methoxy groups -OCH3 is 2. The molecule has 0 unspecified atom stereocenters. The number of rotatable bonds is 8. The summed E-state index contributed by atoms with van der Waals surface area (Å²) in [6.07, 6.45) is 7.74. The van der Waals surface area contributed by atoms with Crippen LogP contribution in [0.4, 0.5) is 0 Å². The van der Waals surface area contributed by atoms with Crippen LogP contribution in [0.5, 0.6) is 0 Å². The van der Waals surface area contributed by atoms with Crippen molar-refractivity contribution in [3.8, 4) is 0 Å². The lowest BCUT2D eigenvalue weighted by molar-refractivity contribution is -0.186. The maximum Gasteiger partial charge on any atom is 0.330 e. The fourth-order valence-electron chi connectivity index (χ4n) is 2.92. The van der Waals surface area contributed by atoms with E-state index in [4.69, 9.17) is 13.9 Å². The molecule has 0 aromatic carbocycles. The minimum atomic E-state index is -1.89. The Balaban J connectivity index is 2.75. The van der Waals surface area contributed by atoms with E-state index in [1.807, 2.05) is 13.0 Å². The van der Waals surface area contributed by atoms with Crippen LogP contribution in [0, 0.1) is 5.92 Å². The molecule has 1 fully saturated rings. The van der Waals surface area contributed by atoms with Crippen molar-refractivity contribution in [2.75, 3.05) is 14.2 Å². The molecule has 0 aliphatic carbocycles. The SMILES string of the molecule is COC(=O)C=CC=C(C)[C@H](C[C@@H]1CC[C@@H](C)[C@H](O[Si](C)(C)C(C)(C)C)O1)OC. The second kappa shape index (κ2) is 10.7. The summed E-state index contributed by atoms with van der Waals surface area (Å²) in [7, 11) is 1.19. The van der Waals surface area contributed by atoms with Gasteiger partial charge in [-0.05, 0) is 43.5 Å². The van der Waals surface area contributed by atoms with Crippen LogP contribution in [0.15, 0.2) is 23.8 Å². The highest BCUT2D eigenvalue weighted by atomic mass is 28.4. The molecule has 0 aromatic rings. The highest BCUT2D eigenvalue weighted by Crippen LogP contribution is 2.40. The Morgan fingerprint density at radius 3 is 2.43 bits per heavy atom. The zero-order valence-corrected chi connectivity index (χ0v) is 20.2. The molecule has 0 aromatic heterocycles. The first-order chi connectivity index (χ1) is 12.9. The van der Waals surface area contributed by atoms with E-state index in [1.54, 1.807) is 13.2 Å². The van der Waals surface area contributed by atoms with E-state index in [9.17, 15) is 4.79 Å². The average Bonchev–Trinajstić information content (AvgIpc) is 2.60. The third-order valence-electron chi connectivity index (χ3n) is 6.01. The van der Waals surface area contributed by atoms with Crippen LogP contribution in [0.2, 0.25) is 18.1 Å². The van der Waals surface area contributed by atoms with Gasteiger partial charge in [-0.1, -0.05) is 39.8 Å². The predicted octanol–water partition coefficient (Wildman–Crippen LogP) is 5.23. The Morgan fingerprint density at radius 2 is 1.89 bits per heavy atom. The van der Waals surface area contributed by atoms with E-state index >= 15 is 0 Å². The van der Waals surface area contributed by atoms with Gasteiger partial charge in [0.05, 0.1) is 19.3 Å². The number of hydrogen-bond donors (Lipinski definition) is 0. The molecule has 0 radical (unpaired) electrons. The zero-order chi connectivity index (χ0) is 21.5. The van der Waals surface area contributed by atoms with E-state index < -0.39 is 8.32 Å². The summed E-state index contributed by atoms with van der Waals surface area (Å²) in [5.74, 6) is 0.0271. The summed E-state index contributed by atoms with van der Waals surface area (Å²) in [5.41, 5.74) is 1.05. The Bertz CT molecular complexity index is 562. The van der Waals surface area contributed by atoms with Gasteiger partial charge in [-0.25, -0.2) is 4.79 Å². The molecular weight excluding hydrogens is 372 g/mol. The third-order valence-corrected chi connectivity index (χ3v) is 10.4. The number of hydrogen-bond acceptors (Lipinski definition) is 5. The normalized spacial score (nSPS) is 25.8. The fourth-order valence-corrected chi connectivity index (χ4v) is 4.14. The highest BCUT2D eigenvalue weighted by Gasteiger charge is 2.42. The number of esters is 1. The molecule has 0 saturated carbocycles. The smallest absolute Gasteiger partial charge is 0.330 e. The van der Waals surface area contributed by atoms with Crippen molar-refractivity contribution in [1.29, 1.82) is 0 Å². The highest BCUT2D eigenvalue weighted by molar-refractivity contribution is 6.74. The van der Waals surface area contributed by atoms with E-state index in [-0.39, 0.29) is 29.5 Å². The van der Waals surface area contributed by atoms with Gasteiger partial charge < -0.3 is 18.6 Å². The molecule has 1 aliphatic heterocycles. The summed E-state index contributed by atoms with van der Waals surface area (Å²) >= 11 is 0. The van der Waals surface area contributed by atoms with Gasteiger partial charge in [0, 0.05) is 25.5 Å². The molecule has 1 saturated heterocycles. The summed E-state index contributed by atoms with van der Waals surface area (Å²) in [5, 5.41) is 0.156. The minimum Gasteiger partial charge on any atom is -0.466 e. The molecule has 0 amide bonds. The number of ether oxygens (including phenoxy) is 3. The summed E-state index contributed by atoms with van der Waals surface area (Å²) in [6.45, 7) is 15.5. The van der Waals surface area contributed by atoms with E-state index in [2.05, 4.69) is 45.5 Å². The van der Waals surface area contributed by atoms with Crippen molar-refractivity contribution < 1.29 is 23.4 Å². The first-order valence-corrected chi connectivity index (χ1v) is 13.1. The molecule has 28 heavy (non-hydrogen) atoms. The zero-order valence-electron chi connectivity index (χ0n) is 19.2. The van der Waals surface area contributed by atoms with E-state index in [0.717, 1.165) is 24.8 Å². The third kappa shape index (κ3) is 7.47. The summed E-state index contributed by atoms with van der Waals surface area (Å²) in [4.78, 5) is 11.2.